The van der Waals surface area contributed by atoms with Gasteiger partial charge >= 0.3 is 0 Å². The van der Waals surface area contributed by atoms with Crippen LogP contribution in [0.4, 0.5) is 10.1 Å². The highest BCUT2D eigenvalue weighted by Gasteiger charge is 2.28. The fourth-order valence-corrected chi connectivity index (χ4v) is 3.83. The number of amides is 1. The second kappa shape index (κ2) is 14.8. The standard InChI is InChI=1S/C19H26N2O3.C12H9FN2O2/c1-20(2)17-15-16(5-6-18(17)24-14-4-13-22)7-8-19(23)9-11-21(3)12-10-19;13-8-1-3-9(4-2-8)17-10-5-6-15-11(7-10)12(14)16/h5-6,13,15,23H,4,9-12,14H2,1-3H3;1-7H,(H2,14,16). The van der Waals surface area contributed by atoms with Crippen LogP contribution in [0.25, 0.3) is 0 Å². The lowest BCUT2D eigenvalue weighted by Crippen LogP contribution is -2.41. The maximum atomic E-state index is 12.7. The number of halogens is 1. The van der Waals surface area contributed by atoms with Crippen molar-refractivity contribution in [3.05, 3.63) is 77.9 Å². The number of likely N-dealkylation sites (tertiary alicyclic amines) is 1. The number of primary amides is 1. The Morgan fingerprint density at radius 3 is 2.49 bits per heavy atom. The van der Waals surface area contributed by atoms with Gasteiger partial charge in [-0.2, -0.15) is 0 Å². The molecule has 1 aliphatic heterocycles. The van der Waals surface area contributed by atoms with Gasteiger partial charge in [-0.1, -0.05) is 11.8 Å². The number of carbonyl (C=O) groups excluding carboxylic acids is 2. The molecule has 0 aliphatic carbocycles. The molecule has 0 saturated carbocycles. The number of aldehydes is 1. The fraction of sp³-hybridized carbons (Fsp3) is 0.323. The molecule has 10 heteroatoms. The smallest absolute Gasteiger partial charge is 0.267 e. The molecule has 1 amide bonds. The van der Waals surface area contributed by atoms with Crippen LogP contribution >= 0.6 is 0 Å². The first-order chi connectivity index (χ1) is 19.6. The van der Waals surface area contributed by atoms with Gasteiger partial charge in [0.05, 0.1) is 12.3 Å². The molecule has 0 bridgehead atoms. The van der Waals surface area contributed by atoms with Gasteiger partial charge in [0.25, 0.3) is 5.91 Å². The zero-order valence-electron chi connectivity index (χ0n) is 23.5. The summed E-state index contributed by atoms with van der Waals surface area (Å²) < 4.78 is 23.7. The Bertz CT molecular complexity index is 1380. The van der Waals surface area contributed by atoms with Gasteiger partial charge in [-0.3, -0.25) is 9.78 Å². The van der Waals surface area contributed by atoms with E-state index in [1.165, 1.54) is 36.5 Å². The van der Waals surface area contributed by atoms with Gasteiger partial charge < -0.3 is 34.9 Å². The number of ether oxygens (including phenoxy) is 2. The number of carbonyl (C=O) groups is 2. The topological polar surface area (TPSA) is 118 Å². The molecule has 2 heterocycles. The zero-order chi connectivity index (χ0) is 29.8. The van der Waals surface area contributed by atoms with Gasteiger partial charge in [-0.25, -0.2) is 4.39 Å². The molecule has 0 unspecified atom stereocenters. The Balaban J connectivity index is 0.000000239. The third-order valence-electron chi connectivity index (χ3n) is 6.22. The second-order valence-corrected chi connectivity index (χ2v) is 9.76. The Morgan fingerprint density at radius 2 is 1.85 bits per heavy atom. The highest BCUT2D eigenvalue weighted by molar-refractivity contribution is 5.91. The van der Waals surface area contributed by atoms with Crippen LogP contribution < -0.4 is 20.1 Å². The van der Waals surface area contributed by atoms with E-state index in [9.17, 15) is 19.1 Å². The van der Waals surface area contributed by atoms with E-state index in [0.717, 1.165) is 36.4 Å². The van der Waals surface area contributed by atoms with E-state index in [2.05, 4.69) is 28.8 Å². The van der Waals surface area contributed by atoms with Gasteiger partial charge in [-0.05, 0) is 55.6 Å². The summed E-state index contributed by atoms with van der Waals surface area (Å²) in [5, 5.41) is 10.6. The number of anilines is 1. The number of nitrogens with zero attached hydrogens (tertiary/aromatic N) is 3. The van der Waals surface area contributed by atoms with E-state index in [1.54, 1.807) is 6.07 Å². The number of benzene rings is 2. The number of pyridine rings is 1. The third kappa shape index (κ3) is 9.90. The molecular weight excluding hydrogens is 527 g/mol. The molecule has 3 aromatic rings. The molecule has 216 valence electrons. The highest BCUT2D eigenvalue weighted by Crippen LogP contribution is 2.28. The molecule has 0 atom stereocenters. The molecule has 2 aromatic carbocycles. The Labute approximate surface area is 239 Å². The maximum absolute atomic E-state index is 12.7. The first-order valence-corrected chi connectivity index (χ1v) is 13.1. The first kappa shape index (κ1) is 31.1. The predicted molar refractivity (Wildman–Crippen MR) is 155 cm³/mol. The molecule has 1 saturated heterocycles. The molecule has 1 aromatic heterocycles. The summed E-state index contributed by atoms with van der Waals surface area (Å²) in [7, 11) is 5.92. The van der Waals surface area contributed by atoms with Gasteiger partial charge in [-0.15, -0.1) is 0 Å². The summed E-state index contributed by atoms with van der Waals surface area (Å²) in [6.07, 6.45) is 3.97. The van der Waals surface area contributed by atoms with Crippen LogP contribution in [0.15, 0.2) is 60.8 Å². The molecule has 3 N–H and O–H groups in total. The quantitative estimate of drug-likeness (QED) is 0.243. The van der Waals surface area contributed by atoms with Gasteiger partial charge in [0, 0.05) is 64.3 Å². The van der Waals surface area contributed by atoms with E-state index in [0.29, 0.717) is 37.4 Å². The van der Waals surface area contributed by atoms with Crippen molar-refractivity contribution >= 4 is 17.9 Å². The van der Waals surface area contributed by atoms with Crippen LogP contribution in [0.2, 0.25) is 0 Å². The summed E-state index contributed by atoms with van der Waals surface area (Å²) >= 11 is 0. The normalized spacial score (nSPS) is 14.0. The lowest BCUT2D eigenvalue weighted by Gasteiger charge is -2.32. The Hall–Kier alpha value is -4.46. The average Bonchev–Trinajstić information content (AvgIpc) is 2.96. The molecular formula is C31H35FN4O5. The molecule has 1 fully saturated rings. The summed E-state index contributed by atoms with van der Waals surface area (Å²) in [4.78, 5) is 29.3. The van der Waals surface area contributed by atoms with Crippen molar-refractivity contribution < 1.29 is 28.6 Å². The van der Waals surface area contributed by atoms with E-state index in [1.807, 2.05) is 37.2 Å². The third-order valence-corrected chi connectivity index (χ3v) is 6.22. The zero-order valence-corrected chi connectivity index (χ0v) is 23.5. The number of hydrogen-bond donors (Lipinski definition) is 2. The molecule has 1 aliphatic rings. The van der Waals surface area contributed by atoms with Gasteiger partial charge in [0.2, 0.25) is 0 Å². The van der Waals surface area contributed by atoms with Crippen molar-refractivity contribution in [1.82, 2.24) is 9.88 Å². The Morgan fingerprint density at radius 1 is 1.15 bits per heavy atom. The summed E-state index contributed by atoms with van der Waals surface area (Å²) in [5.74, 6) is 6.79. The number of piperidine rings is 1. The Kier molecular flexibility index (Phi) is 11.2. The van der Waals surface area contributed by atoms with Crippen molar-refractivity contribution in [2.75, 3.05) is 45.7 Å². The van der Waals surface area contributed by atoms with Crippen LogP contribution in [0.5, 0.6) is 17.2 Å². The number of rotatable bonds is 8. The lowest BCUT2D eigenvalue weighted by atomic mass is 9.92. The van der Waals surface area contributed by atoms with Crippen molar-refractivity contribution in [2.24, 2.45) is 5.73 Å². The van der Waals surface area contributed by atoms with Crippen LogP contribution in [-0.2, 0) is 4.79 Å². The monoisotopic (exact) mass is 562 g/mol. The minimum Gasteiger partial charge on any atom is -0.491 e. The lowest BCUT2D eigenvalue weighted by molar-refractivity contribution is -0.108. The van der Waals surface area contributed by atoms with Crippen molar-refractivity contribution in [1.29, 1.82) is 0 Å². The van der Waals surface area contributed by atoms with E-state index < -0.39 is 11.5 Å². The molecule has 9 nitrogen and oxygen atoms in total. The van der Waals surface area contributed by atoms with Gasteiger partial charge in [0.15, 0.2) is 0 Å². The number of aromatic nitrogens is 1. The van der Waals surface area contributed by atoms with Crippen LogP contribution in [0.1, 0.15) is 35.3 Å². The maximum Gasteiger partial charge on any atom is 0.267 e. The largest absolute Gasteiger partial charge is 0.491 e. The SMILES string of the molecule is CN1CCC(O)(C#Cc2ccc(OCCC=O)c(N(C)C)c2)CC1.NC(=O)c1cc(Oc2ccc(F)cc2)ccn1. The number of nitrogens with two attached hydrogens (primary N) is 1. The average molecular weight is 563 g/mol. The predicted octanol–water partition coefficient (Wildman–Crippen LogP) is 3.64. The van der Waals surface area contributed by atoms with Crippen LogP contribution in [0, 0.1) is 17.7 Å². The number of hydrogen-bond acceptors (Lipinski definition) is 8. The summed E-state index contributed by atoms with van der Waals surface area (Å²) in [5.41, 5.74) is 6.05. The highest BCUT2D eigenvalue weighted by atomic mass is 19.1. The molecule has 41 heavy (non-hydrogen) atoms. The molecule has 0 radical (unpaired) electrons. The molecule has 4 rings (SSSR count). The van der Waals surface area contributed by atoms with Crippen molar-refractivity contribution in [3.8, 4) is 29.1 Å². The van der Waals surface area contributed by atoms with Crippen molar-refractivity contribution in [2.45, 2.75) is 24.9 Å². The first-order valence-electron chi connectivity index (χ1n) is 13.1. The molecule has 0 spiro atoms. The van der Waals surface area contributed by atoms with E-state index in [4.69, 9.17) is 15.2 Å². The minimum absolute atomic E-state index is 0.115. The fourth-order valence-electron chi connectivity index (χ4n) is 3.83. The number of aliphatic hydroxyl groups is 1. The van der Waals surface area contributed by atoms with Gasteiger partial charge in [0.1, 0.15) is 40.6 Å². The summed E-state index contributed by atoms with van der Waals surface area (Å²) in [6, 6.07) is 14.2. The van der Waals surface area contributed by atoms with E-state index in [-0.39, 0.29) is 11.5 Å². The van der Waals surface area contributed by atoms with E-state index >= 15 is 0 Å². The van der Waals surface area contributed by atoms with Crippen molar-refractivity contribution in [3.63, 3.8) is 0 Å². The van der Waals surface area contributed by atoms with Crippen LogP contribution in [-0.4, -0.2) is 73.6 Å². The summed E-state index contributed by atoms with van der Waals surface area (Å²) in [6.45, 7) is 2.08. The van der Waals surface area contributed by atoms with Crippen LogP contribution in [0.3, 0.4) is 0 Å². The second-order valence-electron chi connectivity index (χ2n) is 9.76. The minimum atomic E-state index is -0.899.